The van der Waals surface area contributed by atoms with Gasteiger partial charge >= 0.3 is 6.18 Å². The molecule has 0 saturated heterocycles. The van der Waals surface area contributed by atoms with Crippen LogP contribution < -0.4 is 0 Å². The molecule has 0 amide bonds. The van der Waals surface area contributed by atoms with Gasteiger partial charge in [0.1, 0.15) is 5.75 Å². The molecule has 0 saturated carbocycles. The summed E-state index contributed by atoms with van der Waals surface area (Å²) in [6.07, 6.45) is 0.661. The van der Waals surface area contributed by atoms with Gasteiger partial charge < -0.3 is 5.11 Å². The lowest BCUT2D eigenvalue weighted by molar-refractivity contribution is -0.137. The molecule has 1 nitrogen and oxygen atoms in total. The van der Waals surface area contributed by atoms with Crippen LogP contribution in [-0.2, 0) is 6.18 Å². The molecule has 17 heavy (non-hydrogen) atoms. The van der Waals surface area contributed by atoms with Crippen molar-refractivity contribution in [2.75, 3.05) is 0 Å². The Balaban J connectivity index is 2.84. The average Bonchev–Trinajstić information content (AvgIpc) is 2.25. The maximum absolute atomic E-state index is 12.7. The molecular weight excluding hydrogens is 229 g/mol. The summed E-state index contributed by atoms with van der Waals surface area (Å²) in [7, 11) is 0. The standard InChI is InChI=1S/C13H7F3O/c1-2-10-11-5-4-9(17)7-8(11)3-6-12(10)13(14,15)16/h1,3-7,17H. The first-order valence-electron chi connectivity index (χ1n) is 4.73. The molecule has 0 bridgehead atoms. The Bertz CT molecular complexity index is 621. The predicted molar refractivity (Wildman–Crippen MR) is 58.5 cm³/mol. The number of fused-ring (bicyclic) bond motifs is 1. The van der Waals surface area contributed by atoms with E-state index in [0.717, 1.165) is 6.07 Å². The summed E-state index contributed by atoms with van der Waals surface area (Å²) in [5.74, 6) is 2.05. The van der Waals surface area contributed by atoms with E-state index in [9.17, 15) is 18.3 Å². The number of phenols is 1. The quantitative estimate of drug-likeness (QED) is 0.693. The molecule has 0 spiro atoms. The molecule has 0 aliphatic carbocycles. The van der Waals surface area contributed by atoms with E-state index in [1.807, 2.05) is 0 Å². The van der Waals surface area contributed by atoms with Crippen LogP contribution >= 0.6 is 0 Å². The third kappa shape index (κ3) is 1.92. The summed E-state index contributed by atoms with van der Waals surface area (Å²) in [6, 6.07) is 6.28. The molecule has 0 aliphatic heterocycles. The SMILES string of the molecule is C#Cc1c(C(F)(F)F)ccc2cc(O)ccc12. The summed E-state index contributed by atoms with van der Waals surface area (Å²) in [5.41, 5.74) is -1.03. The molecule has 2 rings (SSSR count). The molecule has 1 N–H and O–H groups in total. The Morgan fingerprint density at radius 3 is 2.41 bits per heavy atom. The van der Waals surface area contributed by atoms with E-state index in [4.69, 9.17) is 6.42 Å². The third-order valence-electron chi connectivity index (χ3n) is 2.45. The van der Waals surface area contributed by atoms with Gasteiger partial charge in [0.15, 0.2) is 0 Å². The van der Waals surface area contributed by atoms with Crippen LogP contribution in [0.4, 0.5) is 13.2 Å². The largest absolute Gasteiger partial charge is 0.508 e. The highest BCUT2D eigenvalue weighted by atomic mass is 19.4. The summed E-state index contributed by atoms with van der Waals surface area (Å²) in [4.78, 5) is 0. The van der Waals surface area contributed by atoms with Gasteiger partial charge in [-0.05, 0) is 35.0 Å². The van der Waals surface area contributed by atoms with E-state index in [2.05, 4.69) is 5.92 Å². The number of rotatable bonds is 0. The molecule has 0 unspecified atom stereocenters. The Hall–Kier alpha value is -2.15. The van der Waals surface area contributed by atoms with E-state index >= 15 is 0 Å². The Kier molecular flexibility index (Phi) is 2.47. The zero-order chi connectivity index (χ0) is 12.6. The lowest BCUT2D eigenvalue weighted by atomic mass is 9.99. The lowest BCUT2D eigenvalue weighted by Crippen LogP contribution is -2.07. The molecule has 2 aromatic carbocycles. The number of halogens is 3. The van der Waals surface area contributed by atoms with Crippen LogP contribution in [0.5, 0.6) is 5.75 Å². The van der Waals surface area contributed by atoms with Gasteiger partial charge in [0.2, 0.25) is 0 Å². The van der Waals surface area contributed by atoms with Crippen molar-refractivity contribution in [2.45, 2.75) is 6.18 Å². The highest BCUT2D eigenvalue weighted by Crippen LogP contribution is 2.35. The number of hydrogen-bond donors (Lipinski definition) is 1. The van der Waals surface area contributed by atoms with Crippen LogP contribution in [0.3, 0.4) is 0 Å². The van der Waals surface area contributed by atoms with Crippen LogP contribution in [0, 0.1) is 12.3 Å². The average molecular weight is 236 g/mol. The van der Waals surface area contributed by atoms with Crippen LogP contribution in [0.15, 0.2) is 30.3 Å². The number of aromatic hydroxyl groups is 1. The number of hydrogen-bond acceptors (Lipinski definition) is 1. The van der Waals surface area contributed by atoms with Gasteiger partial charge in [0, 0.05) is 5.56 Å². The highest BCUT2D eigenvalue weighted by Gasteiger charge is 2.33. The molecule has 2 aromatic rings. The monoisotopic (exact) mass is 236 g/mol. The van der Waals surface area contributed by atoms with Crippen molar-refractivity contribution >= 4 is 10.8 Å². The molecular formula is C13H7F3O. The second-order valence-corrected chi connectivity index (χ2v) is 3.54. The maximum Gasteiger partial charge on any atom is 0.417 e. The van der Waals surface area contributed by atoms with Crippen LogP contribution in [-0.4, -0.2) is 5.11 Å². The molecule has 0 heterocycles. The Morgan fingerprint density at radius 1 is 1.12 bits per heavy atom. The fourth-order valence-electron chi connectivity index (χ4n) is 1.71. The second kappa shape index (κ2) is 3.70. The number of phenolic OH excluding ortho intramolecular Hbond substituents is 1. The minimum absolute atomic E-state index is 0.0137. The zero-order valence-electron chi connectivity index (χ0n) is 8.55. The lowest BCUT2D eigenvalue weighted by Gasteiger charge is -2.11. The van der Waals surface area contributed by atoms with Gasteiger partial charge in [0.25, 0.3) is 0 Å². The van der Waals surface area contributed by atoms with Crippen molar-refractivity contribution in [3.05, 3.63) is 41.5 Å². The first-order valence-corrected chi connectivity index (χ1v) is 4.73. The molecule has 0 atom stereocenters. The summed E-state index contributed by atoms with van der Waals surface area (Å²) in [5, 5.41) is 10.0. The van der Waals surface area contributed by atoms with E-state index in [1.165, 1.54) is 24.3 Å². The summed E-state index contributed by atoms with van der Waals surface area (Å²) in [6.45, 7) is 0. The molecule has 0 aliphatic rings. The molecule has 86 valence electrons. The third-order valence-corrected chi connectivity index (χ3v) is 2.45. The van der Waals surface area contributed by atoms with Crippen LogP contribution in [0.2, 0.25) is 0 Å². The topological polar surface area (TPSA) is 20.2 Å². The van der Waals surface area contributed by atoms with Crippen molar-refractivity contribution in [3.8, 4) is 18.1 Å². The smallest absolute Gasteiger partial charge is 0.417 e. The van der Waals surface area contributed by atoms with Gasteiger partial charge in [-0.1, -0.05) is 12.0 Å². The first-order chi connectivity index (χ1) is 7.93. The molecule has 4 heteroatoms. The molecule has 0 radical (unpaired) electrons. The van der Waals surface area contributed by atoms with E-state index in [1.54, 1.807) is 0 Å². The van der Waals surface area contributed by atoms with Gasteiger partial charge in [-0.2, -0.15) is 13.2 Å². The fourth-order valence-corrected chi connectivity index (χ4v) is 1.71. The molecule has 0 fully saturated rings. The minimum atomic E-state index is -4.48. The Morgan fingerprint density at radius 2 is 1.82 bits per heavy atom. The van der Waals surface area contributed by atoms with Crippen LogP contribution in [0.1, 0.15) is 11.1 Å². The van der Waals surface area contributed by atoms with E-state index in [-0.39, 0.29) is 11.3 Å². The first kappa shape index (κ1) is 11.3. The van der Waals surface area contributed by atoms with Crippen LogP contribution in [0.25, 0.3) is 10.8 Å². The van der Waals surface area contributed by atoms with Crippen molar-refractivity contribution in [1.29, 1.82) is 0 Å². The summed E-state index contributed by atoms with van der Waals surface area (Å²) >= 11 is 0. The van der Waals surface area contributed by atoms with Crippen molar-refractivity contribution in [2.24, 2.45) is 0 Å². The number of terminal acetylenes is 1. The van der Waals surface area contributed by atoms with Gasteiger partial charge in [-0.3, -0.25) is 0 Å². The van der Waals surface area contributed by atoms with Crippen molar-refractivity contribution < 1.29 is 18.3 Å². The number of benzene rings is 2. The second-order valence-electron chi connectivity index (χ2n) is 3.54. The van der Waals surface area contributed by atoms with Gasteiger partial charge in [-0.15, -0.1) is 6.42 Å². The minimum Gasteiger partial charge on any atom is -0.508 e. The summed E-state index contributed by atoms with van der Waals surface area (Å²) < 4.78 is 38.1. The highest BCUT2D eigenvalue weighted by molar-refractivity contribution is 5.90. The van der Waals surface area contributed by atoms with Crippen molar-refractivity contribution in [1.82, 2.24) is 0 Å². The zero-order valence-corrected chi connectivity index (χ0v) is 8.55. The van der Waals surface area contributed by atoms with E-state index < -0.39 is 11.7 Å². The molecule has 0 aromatic heterocycles. The Labute approximate surface area is 95.5 Å². The van der Waals surface area contributed by atoms with Crippen molar-refractivity contribution in [3.63, 3.8) is 0 Å². The normalized spacial score (nSPS) is 11.4. The van der Waals surface area contributed by atoms with Gasteiger partial charge in [-0.25, -0.2) is 0 Å². The van der Waals surface area contributed by atoms with E-state index in [0.29, 0.717) is 10.8 Å². The van der Waals surface area contributed by atoms with Gasteiger partial charge in [0.05, 0.1) is 5.56 Å². The number of alkyl halides is 3. The fraction of sp³-hybridized carbons (Fsp3) is 0.0769. The maximum atomic E-state index is 12.7. The predicted octanol–water partition coefficient (Wildman–Crippen LogP) is 3.55.